The molecule has 1 aliphatic rings. The van der Waals surface area contributed by atoms with E-state index in [9.17, 15) is 0 Å². The van der Waals surface area contributed by atoms with Gasteiger partial charge in [0.1, 0.15) is 0 Å². The Morgan fingerprint density at radius 3 is 2.67 bits per heavy atom. The maximum Gasteiger partial charge on any atom is 0.0431 e. The van der Waals surface area contributed by atoms with Crippen LogP contribution in [0.1, 0.15) is 32.1 Å². The van der Waals surface area contributed by atoms with Crippen molar-refractivity contribution in [3.63, 3.8) is 0 Å². The van der Waals surface area contributed by atoms with Crippen molar-refractivity contribution in [3.8, 4) is 0 Å². The molecule has 1 atom stereocenters. The maximum atomic E-state index is 8.57. The number of thioether (sulfide) groups is 2. The fraction of sp³-hybridized carbons (Fsp3) is 1.00. The van der Waals surface area contributed by atoms with Crippen molar-refractivity contribution >= 4 is 23.5 Å². The van der Waals surface area contributed by atoms with Gasteiger partial charge in [-0.3, -0.25) is 0 Å². The van der Waals surface area contributed by atoms with Gasteiger partial charge in [0.05, 0.1) is 0 Å². The first kappa shape index (κ1) is 10.7. The molecule has 1 aliphatic heterocycles. The minimum atomic E-state index is 0.369. The minimum Gasteiger partial charge on any atom is -0.396 e. The molecule has 72 valence electrons. The Hall–Kier alpha value is 0.660. The van der Waals surface area contributed by atoms with Crippen LogP contribution in [-0.2, 0) is 0 Å². The smallest absolute Gasteiger partial charge is 0.0431 e. The van der Waals surface area contributed by atoms with Crippen LogP contribution in [-0.4, -0.2) is 27.8 Å². The molecule has 0 aromatic rings. The van der Waals surface area contributed by atoms with Gasteiger partial charge < -0.3 is 5.11 Å². The van der Waals surface area contributed by atoms with E-state index in [2.05, 4.69) is 23.5 Å². The lowest BCUT2D eigenvalue weighted by Crippen LogP contribution is -2.00. The number of unbranched alkanes of at least 4 members (excludes halogenated alkanes) is 3. The summed E-state index contributed by atoms with van der Waals surface area (Å²) in [5.74, 6) is 1.37. The summed E-state index contributed by atoms with van der Waals surface area (Å²) in [4.78, 5) is 0. The highest BCUT2D eigenvalue weighted by molar-refractivity contribution is 8.19. The van der Waals surface area contributed by atoms with Crippen molar-refractivity contribution in [1.82, 2.24) is 0 Å². The second-order valence-corrected chi connectivity index (χ2v) is 5.89. The van der Waals surface area contributed by atoms with Gasteiger partial charge in [0.15, 0.2) is 0 Å². The second kappa shape index (κ2) is 7.10. The third-order valence-electron chi connectivity index (χ3n) is 2.13. The van der Waals surface area contributed by atoms with Gasteiger partial charge in [0.2, 0.25) is 0 Å². The van der Waals surface area contributed by atoms with Crippen LogP contribution in [0.5, 0.6) is 0 Å². The summed E-state index contributed by atoms with van der Waals surface area (Å²) in [6, 6.07) is 0. The van der Waals surface area contributed by atoms with Crippen LogP contribution in [0, 0.1) is 0 Å². The molecule has 0 spiro atoms. The molecule has 0 aromatic heterocycles. The molecule has 1 unspecified atom stereocenters. The molecular weight excluding hydrogens is 188 g/mol. The van der Waals surface area contributed by atoms with E-state index >= 15 is 0 Å². The van der Waals surface area contributed by atoms with Crippen LogP contribution in [0.15, 0.2) is 0 Å². The average Bonchev–Trinajstić information content (AvgIpc) is 2.57. The van der Waals surface area contributed by atoms with Gasteiger partial charge in [-0.15, -0.1) is 23.5 Å². The van der Waals surface area contributed by atoms with Crippen LogP contribution in [0.2, 0.25) is 0 Å². The molecule has 12 heavy (non-hydrogen) atoms. The SMILES string of the molecule is OCCCCCCC1CSCS1. The largest absolute Gasteiger partial charge is 0.396 e. The maximum absolute atomic E-state index is 8.57. The number of hydrogen-bond acceptors (Lipinski definition) is 3. The van der Waals surface area contributed by atoms with E-state index in [1.807, 2.05) is 0 Å². The van der Waals surface area contributed by atoms with Gasteiger partial charge in [-0.05, 0) is 12.8 Å². The van der Waals surface area contributed by atoms with Crippen LogP contribution in [0.4, 0.5) is 0 Å². The Balaban J connectivity index is 1.81. The molecule has 1 saturated heterocycles. The molecule has 0 aromatic carbocycles. The minimum absolute atomic E-state index is 0.369. The van der Waals surface area contributed by atoms with Crippen LogP contribution < -0.4 is 0 Å². The normalized spacial score (nSPS) is 23.2. The lowest BCUT2D eigenvalue weighted by atomic mass is 10.1. The average molecular weight is 206 g/mol. The summed E-state index contributed by atoms with van der Waals surface area (Å²) in [7, 11) is 0. The Labute approximate surface area is 83.7 Å². The molecule has 0 radical (unpaired) electrons. The Kier molecular flexibility index (Phi) is 6.35. The van der Waals surface area contributed by atoms with Gasteiger partial charge in [0.25, 0.3) is 0 Å². The summed E-state index contributed by atoms with van der Waals surface area (Å²) in [5.41, 5.74) is 0. The van der Waals surface area contributed by atoms with Gasteiger partial charge in [-0.2, -0.15) is 0 Å². The standard InChI is InChI=1S/C9H18OS2/c10-6-4-2-1-3-5-9-7-11-8-12-9/h9-10H,1-8H2. The molecule has 1 rings (SSSR count). The molecule has 0 aliphatic carbocycles. The second-order valence-electron chi connectivity index (χ2n) is 3.20. The molecule has 3 heteroatoms. The first-order valence-electron chi connectivity index (χ1n) is 4.73. The lowest BCUT2D eigenvalue weighted by molar-refractivity contribution is 0.282. The van der Waals surface area contributed by atoms with Crippen LogP contribution in [0.25, 0.3) is 0 Å². The summed E-state index contributed by atoms with van der Waals surface area (Å²) < 4.78 is 0. The van der Waals surface area contributed by atoms with Crippen LogP contribution in [0.3, 0.4) is 0 Å². The number of hydrogen-bond donors (Lipinski definition) is 1. The third kappa shape index (κ3) is 4.63. The van der Waals surface area contributed by atoms with E-state index in [1.165, 1.54) is 36.5 Å². The molecule has 1 nitrogen and oxygen atoms in total. The van der Waals surface area contributed by atoms with Crippen molar-refractivity contribution in [2.45, 2.75) is 37.4 Å². The molecule has 0 bridgehead atoms. The van der Waals surface area contributed by atoms with Crippen molar-refractivity contribution in [2.75, 3.05) is 17.4 Å². The van der Waals surface area contributed by atoms with Crippen molar-refractivity contribution in [3.05, 3.63) is 0 Å². The predicted molar refractivity (Wildman–Crippen MR) is 58.9 cm³/mol. The molecule has 1 fully saturated rings. The van der Waals surface area contributed by atoms with Gasteiger partial charge in [-0.25, -0.2) is 0 Å². The Bertz CT molecular complexity index is 103. The van der Waals surface area contributed by atoms with Gasteiger partial charge >= 0.3 is 0 Å². The van der Waals surface area contributed by atoms with E-state index < -0.39 is 0 Å². The van der Waals surface area contributed by atoms with Crippen molar-refractivity contribution < 1.29 is 5.11 Å². The molecule has 1 heterocycles. The molecular formula is C9H18OS2. The summed E-state index contributed by atoms with van der Waals surface area (Å²) in [6.07, 6.45) is 6.26. The van der Waals surface area contributed by atoms with E-state index in [-0.39, 0.29) is 0 Å². The Morgan fingerprint density at radius 1 is 1.17 bits per heavy atom. The zero-order valence-corrected chi connectivity index (χ0v) is 9.13. The highest BCUT2D eigenvalue weighted by Crippen LogP contribution is 2.32. The number of aliphatic hydroxyl groups excluding tert-OH is 1. The summed E-state index contributed by atoms with van der Waals surface area (Å²) in [6.45, 7) is 0.369. The number of aliphatic hydroxyl groups is 1. The predicted octanol–water partition coefficient (Wildman–Crippen LogP) is 2.74. The zero-order chi connectivity index (χ0) is 8.65. The number of rotatable bonds is 6. The first-order valence-corrected chi connectivity index (χ1v) is 6.94. The topological polar surface area (TPSA) is 20.2 Å². The van der Waals surface area contributed by atoms with E-state index in [4.69, 9.17) is 5.11 Å². The monoisotopic (exact) mass is 206 g/mol. The molecule has 0 saturated carbocycles. The Morgan fingerprint density at radius 2 is 2.00 bits per heavy atom. The first-order chi connectivity index (χ1) is 5.93. The highest BCUT2D eigenvalue weighted by atomic mass is 32.2. The molecule has 1 N–H and O–H groups in total. The summed E-state index contributed by atoms with van der Waals surface area (Å²) >= 11 is 4.19. The van der Waals surface area contributed by atoms with Crippen molar-refractivity contribution in [2.24, 2.45) is 0 Å². The molecule has 0 amide bonds. The van der Waals surface area contributed by atoms with E-state index in [1.54, 1.807) is 0 Å². The zero-order valence-electron chi connectivity index (χ0n) is 7.50. The summed E-state index contributed by atoms with van der Waals surface area (Å²) in [5, 5.41) is 10.8. The fourth-order valence-electron chi connectivity index (χ4n) is 1.38. The van der Waals surface area contributed by atoms with Gasteiger partial charge in [0, 0.05) is 22.7 Å². The van der Waals surface area contributed by atoms with E-state index in [0.29, 0.717) is 6.61 Å². The van der Waals surface area contributed by atoms with Crippen LogP contribution >= 0.6 is 23.5 Å². The van der Waals surface area contributed by atoms with Crippen molar-refractivity contribution in [1.29, 1.82) is 0 Å². The third-order valence-corrected chi connectivity index (χ3v) is 5.06. The highest BCUT2D eigenvalue weighted by Gasteiger charge is 2.14. The quantitative estimate of drug-likeness (QED) is 0.675. The van der Waals surface area contributed by atoms with E-state index in [0.717, 1.165) is 11.7 Å². The lowest BCUT2D eigenvalue weighted by Gasteiger charge is -2.05. The fourth-order valence-corrected chi connectivity index (χ4v) is 4.35. The van der Waals surface area contributed by atoms with Gasteiger partial charge in [-0.1, -0.05) is 19.3 Å².